The molecule has 1 aromatic rings. The van der Waals surface area contributed by atoms with Gasteiger partial charge in [-0.1, -0.05) is 13.8 Å². The average Bonchev–Trinajstić information content (AvgIpc) is 3.31. The van der Waals surface area contributed by atoms with Crippen molar-refractivity contribution in [2.75, 3.05) is 6.54 Å². The molecule has 0 spiro atoms. The van der Waals surface area contributed by atoms with E-state index in [9.17, 15) is 9.59 Å². The summed E-state index contributed by atoms with van der Waals surface area (Å²) in [6.45, 7) is 6.74. The molecule has 2 amide bonds. The average molecular weight is 319 g/mol. The Bertz CT molecular complexity index is 548. The van der Waals surface area contributed by atoms with E-state index in [1.165, 1.54) is 0 Å². The lowest BCUT2D eigenvalue weighted by Gasteiger charge is -2.31. The van der Waals surface area contributed by atoms with Crippen LogP contribution in [0.3, 0.4) is 0 Å². The standard InChI is InChI=1S/C18H29N3O2/c1-5-14(3)20(17(22)6-2)13-18(23)21(15-9-10-15)12-16-8-7-11-19(16)4/h7-8,11,14-15H,5-6,9-10,12-13H2,1-4H3. The molecule has 0 aromatic carbocycles. The van der Waals surface area contributed by atoms with Gasteiger partial charge in [0.05, 0.1) is 6.54 Å². The molecule has 0 aliphatic heterocycles. The first kappa shape index (κ1) is 17.6. The number of aryl methyl sites for hydroxylation is 1. The van der Waals surface area contributed by atoms with Crippen LogP contribution in [-0.4, -0.2) is 44.8 Å². The molecule has 0 N–H and O–H groups in total. The third-order valence-corrected chi connectivity index (χ3v) is 4.74. The van der Waals surface area contributed by atoms with Crippen molar-refractivity contribution < 1.29 is 9.59 Å². The minimum absolute atomic E-state index is 0.0577. The van der Waals surface area contributed by atoms with Crippen molar-refractivity contribution >= 4 is 11.8 Å². The fourth-order valence-electron chi connectivity index (χ4n) is 2.79. The van der Waals surface area contributed by atoms with Gasteiger partial charge >= 0.3 is 0 Å². The largest absolute Gasteiger partial charge is 0.353 e. The summed E-state index contributed by atoms with van der Waals surface area (Å²) in [5, 5.41) is 0. The van der Waals surface area contributed by atoms with Crippen LogP contribution in [0.15, 0.2) is 18.3 Å². The van der Waals surface area contributed by atoms with Gasteiger partial charge in [-0.05, 0) is 38.3 Å². The molecule has 1 heterocycles. The summed E-state index contributed by atoms with van der Waals surface area (Å²) in [6, 6.07) is 4.49. The monoisotopic (exact) mass is 319 g/mol. The van der Waals surface area contributed by atoms with Crippen LogP contribution in [0.25, 0.3) is 0 Å². The molecule has 1 unspecified atom stereocenters. The zero-order chi connectivity index (χ0) is 17.0. The molecule has 1 aliphatic carbocycles. The van der Waals surface area contributed by atoms with Crippen LogP contribution >= 0.6 is 0 Å². The molecule has 1 aromatic heterocycles. The summed E-state index contributed by atoms with van der Waals surface area (Å²) in [4.78, 5) is 28.7. The first-order valence-corrected chi connectivity index (χ1v) is 8.67. The van der Waals surface area contributed by atoms with Crippen LogP contribution in [-0.2, 0) is 23.2 Å². The Morgan fingerprint density at radius 2 is 2.00 bits per heavy atom. The van der Waals surface area contributed by atoms with Gasteiger partial charge in [-0.15, -0.1) is 0 Å². The predicted octanol–water partition coefficient (Wildman–Crippen LogP) is 2.55. The molecule has 128 valence electrons. The van der Waals surface area contributed by atoms with Crippen molar-refractivity contribution in [3.05, 3.63) is 24.0 Å². The maximum Gasteiger partial charge on any atom is 0.242 e. The highest BCUT2D eigenvalue weighted by atomic mass is 16.2. The quantitative estimate of drug-likeness (QED) is 0.739. The molecule has 0 radical (unpaired) electrons. The Balaban J connectivity index is 2.08. The molecule has 1 atom stereocenters. The lowest BCUT2D eigenvalue weighted by molar-refractivity contribution is -0.142. The van der Waals surface area contributed by atoms with Gasteiger partial charge in [0.1, 0.15) is 6.54 Å². The summed E-state index contributed by atoms with van der Waals surface area (Å²) < 4.78 is 2.05. The second-order valence-electron chi connectivity index (χ2n) is 6.50. The number of nitrogens with zero attached hydrogens (tertiary/aromatic N) is 3. The summed E-state index contributed by atoms with van der Waals surface area (Å²) in [6.07, 6.45) is 5.44. The van der Waals surface area contributed by atoms with Crippen molar-refractivity contribution in [1.29, 1.82) is 0 Å². The maximum absolute atomic E-state index is 12.8. The molecular formula is C18H29N3O2. The number of rotatable bonds is 8. The van der Waals surface area contributed by atoms with Crippen LogP contribution in [0, 0.1) is 0 Å². The molecule has 5 nitrogen and oxygen atoms in total. The highest BCUT2D eigenvalue weighted by Crippen LogP contribution is 2.28. The number of carbonyl (C=O) groups excluding carboxylic acids is 2. The Morgan fingerprint density at radius 1 is 1.30 bits per heavy atom. The van der Waals surface area contributed by atoms with Crippen molar-refractivity contribution in [2.45, 2.75) is 65.1 Å². The second-order valence-corrected chi connectivity index (χ2v) is 6.50. The van der Waals surface area contributed by atoms with E-state index in [0.717, 1.165) is 25.0 Å². The Labute approximate surface area is 139 Å². The van der Waals surface area contributed by atoms with Crippen molar-refractivity contribution in [3.63, 3.8) is 0 Å². The summed E-state index contributed by atoms with van der Waals surface area (Å²) in [5.74, 6) is 0.123. The van der Waals surface area contributed by atoms with Crippen LogP contribution in [0.2, 0.25) is 0 Å². The lowest BCUT2D eigenvalue weighted by Crippen LogP contribution is -2.46. The topological polar surface area (TPSA) is 45.6 Å². The Morgan fingerprint density at radius 3 is 2.48 bits per heavy atom. The van der Waals surface area contributed by atoms with Gasteiger partial charge in [-0.2, -0.15) is 0 Å². The zero-order valence-electron chi connectivity index (χ0n) is 14.8. The highest BCUT2D eigenvalue weighted by molar-refractivity contribution is 5.85. The number of aromatic nitrogens is 1. The molecule has 1 saturated carbocycles. The van der Waals surface area contributed by atoms with Crippen molar-refractivity contribution in [3.8, 4) is 0 Å². The first-order chi connectivity index (χ1) is 11.0. The molecule has 5 heteroatoms. The summed E-state index contributed by atoms with van der Waals surface area (Å²) in [7, 11) is 2.00. The predicted molar refractivity (Wildman–Crippen MR) is 90.7 cm³/mol. The van der Waals surface area contributed by atoms with E-state index in [4.69, 9.17) is 0 Å². The molecule has 2 rings (SSSR count). The van der Waals surface area contributed by atoms with Crippen LogP contribution in [0.5, 0.6) is 0 Å². The van der Waals surface area contributed by atoms with Gasteiger partial charge in [0.25, 0.3) is 0 Å². The van der Waals surface area contributed by atoms with E-state index in [-0.39, 0.29) is 24.4 Å². The molecule has 0 bridgehead atoms. The third kappa shape index (κ3) is 4.36. The minimum Gasteiger partial charge on any atom is -0.353 e. The SMILES string of the molecule is CCC(=O)N(CC(=O)N(Cc1cccn1C)C1CC1)C(C)CC. The van der Waals surface area contributed by atoms with Gasteiger partial charge in [0.2, 0.25) is 11.8 Å². The maximum atomic E-state index is 12.8. The van der Waals surface area contributed by atoms with Crippen molar-refractivity contribution in [2.24, 2.45) is 7.05 Å². The van der Waals surface area contributed by atoms with E-state index in [1.54, 1.807) is 4.90 Å². The number of hydrogen-bond donors (Lipinski definition) is 0. The van der Waals surface area contributed by atoms with Gasteiger partial charge in [-0.25, -0.2) is 0 Å². The van der Waals surface area contributed by atoms with E-state index in [2.05, 4.69) is 0 Å². The normalized spacial score (nSPS) is 15.3. The number of amides is 2. The minimum atomic E-state index is 0.0577. The molecular weight excluding hydrogens is 290 g/mol. The Hall–Kier alpha value is -1.78. The van der Waals surface area contributed by atoms with E-state index >= 15 is 0 Å². The lowest BCUT2D eigenvalue weighted by atomic mass is 10.2. The summed E-state index contributed by atoms with van der Waals surface area (Å²) >= 11 is 0. The van der Waals surface area contributed by atoms with Gasteiger partial charge < -0.3 is 14.4 Å². The smallest absolute Gasteiger partial charge is 0.242 e. The highest BCUT2D eigenvalue weighted by Gasteiger charge is 2.34. The van der Waals surface area contributed by atoms with Gasteiger partial charge in [0, 0.05) is 37.4 Å². The molecule has 0 saturated heterocycles. The summed E-state index contributed by atoms with van der Waals surface area (Å²) in [5.41, 5.74) is 1.13. The van der Waals surface area contributed by atoms with Crippen LogP contribution < -0.4 is 0 Å². The number of hydrogen-bond acceptors (Lipinski definition) is 2. The third-order valence-electron chi connectivity index (χ3n) is 4.74. The van der Waals surface area contributed by atoms with E-state index in [0.29, 0.717) is 19.0 Å². The van der Waals surface area contributed by atoms with Gasteiger partial charge in [-0.3, -0.25) is 9.59 Å². The van der Waals surface area contributed by atoms with Crippen LogP contribution in [0.1, 0.15) is 52.1 Å². The molecule has 1 fully saturated rings. The van der Waals surface area contributed by atoms with E-state index < -0.39 is 0 Å². The fraction of sp³-hybridized carbons (Fsp3) is 0.667. The second kappa shape index (κ2) is 7.66. The number of carbonyl (C=O) groups is 2. The molecule has 23 heavy (non-hydrogen) atoms. The first-order valence-electron chi connectivity index (χ1n) is 8.67. The zero-order valence-corrected chi connectivity index (χ0v) is 14.8. The van der Waals surface area contributed by atoms with Gasteiger partial charge in [0.15, 0.2) is 0 Å². The Kier molecular flexibility index (Phi) is 5.85. The molecule has 1 aliphatic rings. The van der Waals surface area contributed by atoms with Crippen molar-refractivity contribution in [1.82, 2.24) is 14.4 Å². The fourth-order valence-corrected chi connectivity index (χ4v) is 2.79. The van der Waals surface area contributed by atoms with Crippen LogP contribution in [0.4, 0.5) is 0 Å². The van der Waals surface area contributed by atoms with E-state index in [1.807, 2.05) is 55.6 Å².